The van der Waals surface area contributed by atoms with Gasteiger partial charge in [-0.3, -0.25) is 4.98 Å². The van der Waals surface area contributed by atoms with Crippen molar-refractivity contribution in [3.05, 3.63) is 58.9 Å². The van der Waals surface area contributed by atoms with Crippen molar-refractivity contribution in [1.82, 2.24) is 4.98 Å². The summed E-state index contributed by atoms with van der Waals surface area (Å²) >= 11 is 6.06. The first kappa shape index (κ1) is 11.5. The van der Waals surface area contributed by atoms with Gasteiger partial charge in [-0.15, -0.1) is 0 Å². The van der Waals surface area contributed by atoms with Crippen molar-refractivity contribution >= 4 is 17.3 Å². The van der Waals surface area contributed by atoms with Crippen molar-refractivity contribution in [3.63, 3.8) is 0 Å². The van der Waals surface area contributed by atoms with Gasteiger partial charge in [0.15, 0.2) is 0 Å². The highest BCUT2D eigenvalue weighted by molar-refractivity contribution is 6.33. The molecular formula is C15H15ClN2. The number of hydrogen-bond donors (Lipinski definition) is 1. The molecule has 1 aromatic carbocycles. The first-order valence-electron chi connectivity index (χ1n) is 6.25. The van der Waals surface area contributed by atoms with Crippen LogP contribution in [0, 0.1) is 0 Å². The molecule has 18 heavy (non-hydrogen) atoms. The van der Waals surface area contributed by atoms with E-state index in [0.717, 1.165) is 18.2 Å². The van der Waals surface area contributed by atoms with Crippen LogP contribution in [-0.2, 0) is 6.54 Å². The van der Waals surface area contributed by atoms with E-state index in [9.17, 15) is 0 Å². The Labute approximate surface area is 112 Å². The second kappa shape index (κ2) is 4.99. The number of nitrogens with one attached hydrogen (secondary N) is 1. The maximum atomic E-state index is 6.06. The number of benzene rings is 1. The highest BCUT2D eigenvalue weighted by atomic mass is 35.5. The van der Waals surface area contributed by atoms with Crippen LogP contribution >= 0.6 is 11.6 Å². The van der Waals surface area contributed by atoms with E-state index in [4.69, 9.17) is 11.6 Å². The van der Waals surface area contributed by atoms with E-state index in [1.165, 1.54) is 24.0 Å². The molecule has 0 amide bonds. The predicted molar refractivity (Wildman–Crippen MR) is 75.0 cm³/mol. The summed E-state index contributed by atoms with van der Waals surface area (Å²) in [4.78, 5) is 4.06. The minimum Gasteiger partial charge on any atom is -0.379 e. The molecule has 0 saturated heterocycles. The lowest BCUT2D eigenvalue weighted by molar-refractivity contribution is 1.10. The topological polar surface area (TPSA) is 24.9 Å². The van der Waals surface area contributed by atoms with E-state index in [1.54, 1.807) is 18.5 Å². The van der Waals surface area contributed by atoms with Crippen molar-refractivity contribution in [2.24, 2.45) is 0 Å². The number of halogens is 1. The maximum Gasteiger partial charge on any atom is 0.0718 e. The summed E-state index contributed by atoms with van der Waals surface area (Å²) in [5.74, 6) is 0.819. The van der Waals surface area contributed by atoms with Gasteiger partial charge in [0.25, 0.3) is 0 Å². The SMILES string of the molecule is Clc1ccncc1NCc1ccc(C2CC2)cc1. The van der Waals surface area contributed by atoms with Gasteiger partial charge < -0.3 is 5.32 Å². The molecule has 2 aromatic rings. The first-order valence-corrected chi connectivity index (χ1v) is 6.63. The van der Waals surface area contributed by atoms with Gasteiger partial charge in [-0.25, -0.2) is 0 Å². The van der Waals surface area contributed by atoms with Crippen LogP contribution in [0.3, 0.4) is 0 Å². The molecule has 3 rings (SSSR count). The molecule has 1 saturated carbocycles. The van der Waals surface area contributed by atoms with Crippen molar-refractivity contribution < 1.29 is 0 Å². The van der Waals surface area contributed by atoms with Crippen LogP contribution in [0.4, 0.5) is 5.69 Å². The lowest BCUT2D eigenvalue weighted by Crippen LogP contribution is -2.00. The highest BCUT2D eigenvalue weighted by Crippen LogP contribution is 2.39. The highest BCUT2D eigenvalue weighted by Gasteiger charge is 2.22. The average molecular weight is 259 g/mol. The molecule has 1 aliphatic rings. The van der Waals surface area contributed by atoms with Crippen molar-refractivity contribution in [3.8, 4) is 0 Å². The largest absolute Gasteiger partial charge is 0.379 e. The van der Waals surface area contributed by atoms with E-state index in [0.29, 0.717) is 5.02 Å². The summed E-state index contributed by atoms with van der Waals surface area (Å²) in [5.41, 5.74) is 3.61. The number of hydrogen-bond acceptors (Lipinski definition) is 2. The first-order chi connectivity index (χ1) is 8.83. The molecule has 1 N–H and O–H groups in total. The molecule has 1 fully saturated rings. The Bertz CT molecular complexity index is 532. The van der Waals surface area contributed by atoms with Crippen LogP contribution in [0.1, 0.15) is 29.9 Å². The van der Waals surface area contributed by atoms with Crippen LogP contribution in [0.5, 0.6) is 0 Å². The molecule has 0 unspecified atom stereocenters. The molecule has 0 radical (unpaired) electrons. The van der Waals surface area contributed by atoms with Crippen LogP contribution < -0.4 is 5.32 Å². The van der Waals surface area contributed by atoms with Crippen molar-refractivity contribution in [1.29, 1.82) is 0 Å². The predicted octanol–water partition coefficient (Wildman–Crippen LogP) is 4.22. The van der Waals surface area contributed by atoms with Gasteiger partial charge in [-0.2, -0.15) is 0 Å². The van der Waals surface area contributed by atoms with Gasteiger partial charge in [0, 0.05) is 12.7 Å². The minimum absolute atomic E-state index is 0.708. The molecule has 0 aliphatic heterocycles. The van der Waals surface area contributed by atoms with E-state index < -0.39 is 0 Å². The smallest absolute Gasteiger partial charge is 0.0718 e. The lowest BCUT2D eigenvalue weighted by Gasteiger charge is -2.08. The number of rotatable bonds is 4. The standard InChI is InChI=1S/C15H15ClN2/c16-14-7-8-17-10-15(14)18-9-11-1-3-12(4-2-11)13-5-6-13/h1-4,7-8,10,13,18H,5-6,9H2. The van der Waals surface area contributed by atoms with Crippen LogP contribution in [-0.4, -0.2) is 4.98 Å². The average Bonchev–Trinajstić information content (AvgIpc) is 3.23. The summed E-state index contributed by atoms with van der Waals surface area (Å²) in [6.07, 6.45) is 6.14. The third kappa shape index (κ3) is 2.65. The van der Waals surface area contributed by atoms with E-state index in [-0.39, 0.29) is 0 Å². The molecule has 0 bridgehead atoms. The molecule has 92 valence electrons. The fourth-order valence-corrected chi connectivity index (χ4v) is 2.20. The number of pyridine rings is 1. The fraction of sp³-hybridized carbons (Fsp3) is 0.267. The van der Waals surface area contributed by atoms with Crippen LogP contribution in [0.15, 0.2) is 42.7 Å². The molecule has 1 heterocycles. The number of aromatic nitrogens is 1. The van der Waals surface area contributed by atoms with E-state index >= 15 is 0 Å². The molecule has 0 atom stereocenters. The van der Waals surface area contributed by atoms with Gasteiger partial charge in [0.1, 0.15) is 0 Å². The minimum atomic E-state index is 0.708. The second-order valence-corrected chi connectivity index (χ2v) is 5.13. The molecule has 3 heteroatoms. The zero-order chi connectivity index (χ0) is 12.4. The Morgan fingerprint density at radius 1 is 1.17 bits per heavy atom. The third-order valence-corrected chi connectivity index (χ3v) is 3.61. The summed E-state index contributed by atoms with van der Waals surface area (Å²) in [6, 6.07) is 10.6. The van der Waals surface area contributed by atoms with Crippen molar-refractivity contribution in [2.45, 2.75) is 25.3 Å². The molecular weight excluding hydrogens is 244 g/mol. The summed E-state index contributed by atoms with van der Waals surface area (Å²) in [6.45, 7) is 0.774. The van der Waals surface area contributed by atoms with Crippen LogP contribution in [0.25, 0.3) is 0 Å². The third-order valence-electron chi connectivity index (χ3n) is 3.28. The van der Waals surface area contributed by atoms with Gasteiger partial charge in [-0.1, -0.05) is 35.9 Å². The van der Waals surface area contributed by atoms with E-state index in [2.05, 4.69) is 34.6 Å². The second-order valence-electron chi connectivity index (χ2n) is 4.72. The van der Waals surface area contributed by atoms with Crippen LogP contribution in [0.2, 0.25) is 5.02 Å². The molecule has 1 aliphatic carbocycles. The molecule has 0 spiro atoms. The van der Waals surface area contributed by atoms with Gasteiger partial charge >= 0.3 is 0 Å². The number of anilines is 1. The quantitative estimate of drug-likeness (QED) is 0.888. The monoisotopic (exact) mass is 258 g/mol. The van der Waals surface area contributed by atoms with Gasteiger partial charge in [0.2, 0.25) is 0 Å². The molecule has 1 aromatic heterocycles. The summed E-state index contributed by atoms with van der Waals surface area (Å²) in [5, 5.41) is 4.01. The fourth-order valence-electron chi connectivity index (χ4n) is 2.03. The van der Waals surface area contributed by atoms with Gasteiger partial charge in [0.05, 0.1) is 16.9 Å². The normalized spacial score (nSPS) is 14.5. The Morgan fingerprint density at radius 3 is 2.61 bits per heavy atom. The Hall–Kier alpha value is -1.54. The zero-order valence-corrected chi connectivity index (χ0v) is 10.8. The van der Waals surface area contributed by atoms with E-state index in [1.807, 2.05) is 0 Å². The Morgan fingerprint density at radius 2 is 1.94 bits per heavy atom. The zero-order valence-electron chi connectivity index (χ0n) is 10.1. The maximum absolute atomic E-state index is 6.06. The number of nitrogens with zero attached hydrogens (tertiary/aromatic N) is 1. The Balaban J connectivity index is 1.64. The Kier molecular flexibility index (Phi) is 3.20. The van der Waals surface area contributed by atoms with Gasteiger partial charge in [-0.05, 0) is 36.0 Å². The van der Waals surface area contributed by atoms with Crippen molar-refractivity contribution in [2.75, 3.05) is 5.32 Å². The summed E-state index contributed by atoms with van der Waals surface area (Å²) < 4.78 is 0. The molecule has 2 nitrogen and oxygen atoms in total. The summed E-state index contributed by atoms with van der Waals surface area (Å²) in [7, 11) is 0. The lowest BCUT2D eigenvalue weighted by atomic mass is 10.1.